The molecule has 0 bridgehead atoms. The van der Waals surface area contributed by atoms with Crippen LogP contribution in [0.5, 0.6) is 17.2 Å². The zero-order chi connectivity index (χ0) is 23.2. The average Bonchev–Trinajstić information content (AvgIpc) is 3.19. The highest BCUT2D eigenvalue weighted by atomic mass is 16.5. The third-order valence-electron chi connectivity index (χ3n) is 5.54. The van der Waals surface area contributed by atoms with Gasteiger partial charge in [-0.3, -0.25) is 4.79 Å². The summed E-state index contributed by atoms with van der Waals surface area (Å²) in [4.78, 5) is 14.3. The topological polar surface area (TPSA) is 71.5 Å². The van der Waals surface area contributed by atoms with E-state index in [0.717, 1.165) is 64.2 Å². The van der Waals surface area contributed by atoms with Crippen molar-refractivity contribution in [3.05, 3.63) is 89.1 Å². The molecular formula is C28H29NO4. The molecule has 0 saturated heterocycles. The van der Waals surface area contributed by atoms with Gasteiger partial charge in [0.1, 0.15) is 17.2 Å². The fourth-order valence-corrected chi connectivity index (χ4v) is 3.88. The maximum atomic E-state index is 10.9. The number of carboxylic acid groups (broad SMARTS) is 1. The fraction of sp³-hybridized carbons (Fsp3) is 0.250. The number of hydrogen-bond acceptors (Lipinski definition) is 3. The number of rotatable bonds is 10. The van der Waals surface area contributed by atoms with Crippen molar-refractivity contribution in [2.45, 2.75) is 39.5 Å². The number of carboxylic acids is 1. The molecule has 4 rings (SSSR count). The Kier molecular flexibility index (Phi) is 6.98. The average molecular weight is 444 g/mol. The molecule has 0 fully saturated rings. The molecule has 0 unspecified atom stereocenters. The normalized spacial score (nSPS) is 11.0. The molecule has 0 aliphatic carbocycles. The fourth-order valence-electron chi connectivity index (χ4n) is 3.88. The Morgan fingerprint density at radius 2 is 1.73 bits per heavy atom. The second-order valence-corrected chi connectivity index (χ2v) is 8.32. The Hall–Kier alpha value is -3.73. The summed E-state index contributed by atoms with van der Waals surface area (Å²) in [5.41, 5.74) is 5.20. The predicted molar refractivity (Wildman–Crippen MR) is 131 cm³/mol. The minimum absolute atomic E-state index is 0.0310. The first kappa shape index (κ1) is 22.5. The van der Waals surface area contributed by atoms with E-state index < -0.39 is 5.97 Å². The lowest BCUT2D eigenvalue weighted by molar-refractivity contribution is -0.136. The molecule has 0 atom stereocenters. The summed E-state index contributed by atoms with van der Waals surface area (Å²) in [7, 11) is 0. The highest BCUT2D eigenvalue weighted by molar-refractivity contribution is 5.82. The number of aromatic nitrogens is 1. The molecule has 170 valence electrons. The van der Waals surface area contributed by atoms with Gasteiger partial charge in [0, 0.05) is 17.6 Å². The maximum Gasteiger partial charge on any atom is 0.307 e. The number of aromatic amines is 1. The van der Waals surface area contributed by atoms with Crippen LogP contribution in [-0.2, 0) is 24.1 Å². The molecule has 0 spiro atoms. The number of carbonyl (C=O) groups is 1. The van der Waals surface area contributed by atoms with Crippen LogP contribution in [0.25, 0.3) is 10.9 Å². The number of benzene rings is 3. The van der Waals surface area contributed by atoms with E-state index in [1.54, 1.807) is 0 Å². The van der Waals surface area contributed by atoms with Crippen molar-refractivity contribution in [3.63, 3.8) is 0 Å². The third-order valence-corrected chi connectivity index (χ3v) is 5.54. The van der Waals surface area contributed by atoms with Crippen LogP contribution in [0.3, 0.4) is 0 Å². The van der Waals surface area contributed by atoms with E-state index in [1.165, 1.54) is 5.56 Å². The SMILES string of the molecule is CCCc1cc(OCCc2cc3cc(CC(=O)O)ccc3[nH]2)ccc1Oc1ccc(C)cc1. The van der Waals surface area contributed by atoms with Crippen molar-refractivity contribution in [1.29, 1.82) is 0 Å². The largest absolute Gasteiger partial charge is 0.493 e. The number of nitrogens with one attached hydrogen (secondary N) is 1. The molecule has 1 aromatic heterocycles. The van der Waals surface area contributed by atoms with Crippen molar-refractivity contribution < 1.29 is 19.4 Å². The van der Waals surface area contributed by atoms with Crippen molar-refractivity contribution in [1.82, 2.24) is 4.98 Å². The maximum absolute atomic E-state index is 10.9. The lowest BCUT2D eigenvalue weighted by Crippen LogP contribution is -2.02. The number of H-pyrrole nitrogens is 1. The zero-order valence-corrected chi connectivity index (χ0v) is 19.1. The van der Waals surface area contributed by atoms with Gasteiger partial charge in [-0.25, -0.2) is 0 Å². The number of fused-ring (bicyclic) bond motifs is 1. The second kappa shape index (κ2) is 10.3. The van der Waals surface area contributed by atoms with Crippen molar-refractivity contribution in [2.24, 2.45) is 0 Å². The molecular weight excluding hydrogens is 414 g/mol. The molecule has 4 aromatic rings. The molecule has 5 heteroatoms. The molecule has 33 heavy (non-hydrogen) atoms. The molecule has 0 saturated carbocycles. The molecule has 3 aromatic carbocycles. The minimum Gasteiger partial charge on any atom is -0.493 e. The molecule has 2 N–H and O–H groups in total. The van der Waals surface area contributed by atoms with Gasteiger partial charge in [0.25, 0.3) is 0 Å². The van der Waals surface area contributed by atoms with E-state index in [0.29, 0.717) is 6.61 Å². The van der Waals surface area contributed by atoms with Gasteiger partial charge in [-0.05, 0) is 78.4 Å². The number of ether oxygens (including phenoxy) is 2. The molecule has 0 radical (unpaired) electrons. The Balaban J connectivity index is 1.40. The molecule has 0 aliphatic rings. The molecule has 0 aliphatic heterocycles. The Labute approximate surface area is 194 Å². The summed E-state index contributed by atoms with van der Waals surface area (Å²) < 4.78 is 12.2. The Morgan fingerprint density at radius 3 is 2.48 bits per heavy atom. The van der Waals surface area contributed by atoms with Gasteiger partial charge in [-0.15, -0.1) is 0 Å². The van der Waals surface area contributed by atoms with Gasteiger partial charge in [0.15, 0.2) is 0 Å². The second-order valence-electron chi connectivity index (χ2n) is 8.32. The lowest BCUT2D eigenvalue weighted by Gasteiger charge is -2.13. The van der Waals surface area contributed by atoms with Gasteiger partial charge < -0.3 is 19.6 Å². The van der Waals surface area contributed by atoms with Gasteiger partial charge >= 0.3 is 5.97 Å². The number of hydrogen-bond donors (Lipinski definition) is 2. The van der Waals surface area contributed by atoms with Crippen LogP contribution in [-0.4, -0.2) is 22.7 Å². The summed E-state index contributed by atoms with van der Waals surface area (Å²) in [6.07, 6.45) is 2.70. The zero-order valence-electron chi connectivity index (χ0n) is 19.1. The summed E-state index contributed by atoms with van der Waals surface area (Å²) in [6.45, 7) is 4.75. The summed E-state index contributed by atoms with van der Waals surface area (Å²) in [6, 6.07) is 21.8. The van der Waals surface area contributed by atoms with Crippen LogP contribution in [0.15, 0.2) is 66.7 Å². The van der Waals surface area contributed by atoms with E-state index in [-0.39, 0.29) is 6.42 Å². The highest BCUT2D eigenvalue weighted by Gasteiger charge is 2.09. The van der Waals surface area contributed by atoms with E-state index >= 15 is 0 Å². The van der Waals surface area contributed by atoms with E-state index in [1.807, 2.05) is 54.6 Å². The van der Waals surface area contributed by atoms with Gasteiger partial charge in [-0.1, -0.05) is 37.1 Å². The van der Waals surface area contributed by atoms with Crippen LogP contribution >= 0.6 is 0 Å². The first-order valence-electron chi connectivity index (χ1n) is 11.3. The minimum atomic E-state index is -0.823. The Bertz CT molecular complexity index is 1240. The van der Waals surface area contributed by atoms with Crippen LogP contribution in [0, 0.1) is 6.92 Å². The smallest absolute Gasteiger partial charge is 0.307 e. The third kappa shape index (κ3) is 5.95. The van der Waals surface area contributed by atoms with Crippen molar-refractivity contribution in [2.75, 3.05) is 6.61 Å². The standard InChI is InChI=1S/C28H29NO4/c1-3-4-21-18-25(10-12-27(21)33-24-8-5-19(2)6-9-24)32-14-13-23-17-22-15-20(16-28(30)31)7-11-26(22)29-23/h5-12,15,17-18,29H,3-4,13-14,16H2,1-2H3,(H,30,31). The summed E-state index contributed by atoms with van der Waals surface area (Å²) >= 11 is 0. The quantitative estimate of drug-likeness (QED) is 0.295. The number of aliphatic carboxylic acids is 1. The highest BCUT2D eigenvalue weighted by Crippen LogP contribution is 2.30. The van der Waals surface area contributed by atoms with Gasteiger partial charge in [0.05, 0.1) is 13.0 Å². The lowest BCUT2D eigenvalue weighted by atomic mass is 10.1. The van der Waals surface area contributed by atoms with E-state index in [4.69, 9.17) is 14.6 Å². The molecule has 0 amide bonds. The van der Waals surface area contributed by atoms with E-state index in [9.17, 15) is 4.79 Å². The first-order chi connectivity index (χ1) is 16.0. The van der Waals surface area contributed by atoms with Crippen LogP contribution in [0.1, 0.15) is 35.7 Å². The van der Waals surface area contributed by atoms with E-state index in [2.05, 4.69) is 31.0 Å². The van der Waals surface area contributed by atoms with Gasteiger partial charge in [0.2, 0.25) is 0 Å². The van der Waals surface area contributed by atoms with Crippen molar-refractivity contribution in [3.8, 4) is 17.2 Å². The van der Waals surface area contributed by atoms with Crippen LogP contribution in [0.2, 0.25) is 0 Å². The van der Waals surface area contributed by atoms with Crippen molar-refractivity contribution >= 4 is 16.9 Å². The summed E-state index contributed by atoms with van der Waals surface area (Å²) in [5.74, 6) is 1.70. The summed E-state index contributed by atoms with van der Waals surface area (Å²) in [5, 5.41) is 10.0. The van der Waals surface area contributed by atoms with Gasteiger partial charge in [-0.2, -0.15) is 0 Å². The predicted octanol–water partition coefficient (Wildman–Crippen LogP) is 6.47. The molecule has 1 heterocycles. The number of aryl methyl sites for hydroxylation is 2. The first-order valence-corrected chi connectivity index (χ1v) is 11.3. The Morgan fingerprint density at radius 1 is 0.939 bits per heavy atom. The monoisotopic (exact) mass is 443 g/mol. The van der Waals surface area contributed by atoms with Crippen LogP contribution in [0.4, 0.5) is 0 Å². The molecule has 5 nitrogen and oxygen atoms in total. The van der Waals surface area contributed by atoms with Crippen LogP contribution < -0.4 is 9.47 Å².